The Hall–Kier alpha value is -0.710. The van der Waals surface area contributed by atoms with Gasteiger partial charge in [-0.25, -0.2) is 0 Å². The number of nitrogens with zero attached hydrogens (tertiary/aromatic N) is 1. The minimum absolute atomic E-state index is 0.174. The fourth-order valence-electron chi connectivity index (χ4n) is 2.54. The van der Waals surface area contributed by atoms with Crippen LogP contribution in [0.4, 0.5) is 0 Å². The second-order valence-electron chi connectivity index (χ2n) is 5.24. The molecule has 4 heteroatoms. The van der Waals surface area contributed by atoms with Crippen molar-refractivity contribution in [1.82, 2.24) is 4.90 Å². The first-order valence-corrected chi connectivity index (χ1v) is 7.55. The van der Waals surface area contributed by atoms with E-state index in [2.05, 4.69) is 20.8 Å². The Morgan fingerprint density at radius 2 is 2.26 bits per heavy atom. The lowest BCUT2D eigenvalue weighted by molar-refractivity contribution is 0.0963. The van der Waals surface area contributed by atoms with Gasteiger partial charge in [-0.2, -0.15) is 0 Å². The Labute approximate surface area is 122 Å². The lowest BCUT2D eigenvalue weighted by Gasteiger charge is -2.17. The van der Waals surface area contributed by atoms with Gasteiger partial charge in [0.1, 0.15) is 0 Å². The molecule has 19 heavy (non-hydrogen) atoms. The normalized spacial score (nSPS) is 21.5. The molecule has 0 aliphatic carbocycles. The molecule has 1 aliphatic rings. The second kappa shape index (κ2) is 6.64. The van der Waals surface area contributed by atoms with Crippen LogP contribution in [-0.4, -0.2) is 41.5 Å². The third kappa shape index (κ3) is 3.88. The van der Waals surface area contributed by atoms with Crippen molar-refractivity contribution in [2.24, 2.45) is 5.92 Å². The summed E-state index contributed by atoms with van der Waals surface area (Å²) < 4.78 is 0.864. The van der Waals surface area contributed by atoms with Crippen molar-refractivity contribution in [2.45, 2.75) is 25.9 Å². The maximum absolute atomic E-state index is 12.1. The molecule has 1 fully saturated rings. The molecule has 2 atom stereocenters. The lowest BCUT2D eigenvalue weighted by Crippen LogP contribution is -2.26. The van der Waals surface area contributed by atoms with E-state index in [1.54, 1.807) is 0 Å². The number of hydrogen-bond acceptors (Lipinski definition) is 3. The molecule has 104 valence electrons. The predicted octanol–water partition coefficient (Wildman–Crippen LogP) is 2.72. The molecule has 1 N–H and O–H groups in total. The quantitative estimate of drug-likeness (QED) is 0.846. The van der Waals surface area contributed by atoms with E-state index >= 15 is 0 Å². The zero-order valence-corrected chi connectivity index (χ0v) is 12.8. The number of ketones is 1. The lowest BCUT2D eigenvalue weighted by atomic mass is 10.0. The average molecular weight is 326 g/mol. The molecule has 1 aliphatic heterocycles. The molecule has 2 rings (SSSR count). The number of Topliss-reactive ketones (excluding diaryl/α,β-unsaturated/α-hetero) is 1. The zero-order chi connectivity index (χ0) is 13.8. The number of carbonyl (C=O) groups is 1. The van der Waals surface area contributed by atoms with Crippen molar-refractivity contribution in [3.8, 4) is 0 Å². The van der Waals surface area contributed by atoms with Gasteiger partial charge in [0.05, 0.1) is 6.10 Å². The van der Waals surface area contributed by atoms with Crippen molar-refractivity contribution in [2.75, 3.05) is 19.6 Å². The van der Waals surface area contributed by atoms with E-state index in [4.69, 9.17) is 0 Å². The molecule has 0 bridgehead atoms. The summed E-state index contributed by atoms with van der Waals surface area (Å²) in [5.41, 5.74) is 0.758. The number of aliphatic hydroxyl groups excluding tert-OH is 1. The number of benzene rings is 1. The average Bonchev–Trinajstić information content (AvgIpc) is 2.85. The van der Waals surface area contributed by atoms with E-state index in [1.165, 1.54) is 0 Å². The van der Waals surface area contributed by atoms with Crippen LogP contribution in [-0.2, 0) is 0 Å². The van der Waals surface area contributed by atoms with Gasteiger partial charge in [-0.05, 0) is 31.9 Å². The molecule has 1 saturated heterocycles. The second-order valence-corrected chi connectivity index (χ2v) is 6.10. The molecule has 1 aromatic carbocycles. The van der Waals surface area contributed by atoms with Gasteiger partial charge in [-0.1, -0.05) is 34.1 Å². The number of carbonyl (C=O) groups excluding carboxylic acids is 1. The highest BCUT2D eigenvalue weighted by Crippen LogP contribution is 2.21. The number of aliphatic hydroxyl groups is 1. The highest BCUT2D eigenvalue weighted by molar-refractivity contribution is 9.10. The Kier molecular flexibility index (Phi) is 5.13. The summed E-state index contributed by atoms with van der Waals surface area (Å²) in [6.07, 6.45) is 1.32. The largest absolute Gasteiger partial charge is 0.393 e. The van der Waals surface area contributed by atoms with Gasteiger partial charge in [0.2, 0.25) is 0 Å². The maximum Gasteiger partial charge on any atom is 0.165 e. The molecule has 1 heterocycles. The summed E-state index contributed by atoms with van der Waals surface area (Å²) in [7, 11) is 0. The number of likely N-dealkylation sites (tertiary alicyclic amines) is 1. The molecular weight excluding hydrogens is 306 g/mol. The van der Waals surface area contributed by atoms with Crippen LogP contribution in [0.25, 0.3) is 0 Å². The molecule has 1 aromatic rings. The monoisotopic (exact) mass is 325 g/mol. The SMILES string of the molecule is CC(O)C1CCN(CCC(=O)c2ccccc2Br)C1. The summed E-state index contributed by atoms with van der Waals surface area (Å²) in [5, 5.41) is 9.56. The molecule has 3 nitrogen and oxygen atoms in total. The van der Waals surface area contributed by atoms with E-state index in [-0.39, 0.29) is 11.9 Å². The van der Waals surface area contributed by atoms with Gasteiger partial charge in [0.25, 0.3) is 0 Å². The van der Waals surface area contributed by atoms with Crippen LogP contribution < -0.4 is 0 Å². The number of hydrogen-bond donors (Lipinski definition) is 1. The molecule has 0 radical (unpaired) electrons. The van der Waals surface area contributed by atoms with Gasteiger partial charge in [0, 0.05) is 29.5 Å². The van der Waals surface area contributed by atoms with Crippen LogP contribution in [0.3, 0.4) is 0 Å². The Bertz CT molecular complexity index is 448. The first kappa shape index (κ1) is 14.7. The van der Waals surface area contributed by atoms with Gasteiger partial charge in [-0.15, -0.1) is 0 Å². The van der Waals surface area contributed by atoms with Crippen molar-refractivity contribution in [3.05, 3.63) is 34.3 Å². The summed E-state index contributed by atoms with van der Waals surface area (Å²) in [4.78, 5) is 14.4. The van der Waals surface area contributed by atoms with E-state index in [1.807, 2.05) is 31.2 Å². The summed E-state index contributed by atoms with van der Waals surface area (Å²) in [5.74, 6) is 0.534. The molecule has 2 unspecified atom stereocenters. The predicted molar refractivity (Wildman–Crippen MR) is 79.3 cm³/mol. The Morgan fingerprint density at radius 1 is 1.53 bits per heavy atom. The Morgan fingerprint density at radius 3 is 2.89 bits per heavy atom. The van der Waals surface area contributed by atoms with E-state index in [9.17, 15) is 9.90 Å². The van der Waals surface area contributed by atoms with Gasteiger partial charge >= 0.3 is 0 Å². The molecule has 0 amide bonds. The van der Waals surface area contributed by atoms with E-state index in [0.29, 0.717) is 12.3 Å². The van der Waals surface area contributed by atoms with Gasteiger partial charge in [-0.3, -0.25) is 4.79 Å². The minimum Gasteiger partial charge on any atom is -0.393 e. The third-order valence-electron chi connectivity index (χ3n) is 3.82. The van der Waals surface area contributed by atoms with E-state index in [0.717, 1.165) is 36.1 Å². The van der Waals surface area contributed by atoms with Gasteiger partial charge in [0.15, 0.2) is 5.78 Å². The number of rotatable bonds is 5. The fourth-order valence-corrected chi connectivity index (χ4v) is 3.05. The summed E-state index contributed by atoms with van der Waals surface area (Å²) >= 11 is 3.41. The summed E-state index contributed by atoms with van der Waals surface area (Å²) in [6, 6.07) is 7.55. The van der Waals surface area contributed by atoms with Crippen molar-refractivity contribution in [1.29, 1.82) is 0 Å². The molecular formula is C15H20BrNO2. The smallest absolute Gasteiger partial charge is 0.165 e. The van der Waals surface area contributed by atoms with E-state index < -0.39 is 0 Å². The standard InChI is InChI=1S/C15H20BrNO2/c1-11(18)12-6-8-17(10-12)9-7-15(19)13-4-2-3-5-14(13)16/h2-5,11-12,18H,6-10H2,1H3. The maximum atomic E-state index is 12.1. The first-order chi connectivity index (χ1) is 9.08. The van der Waals surface area contributed by atoms with Crippen molar-refractivity contribution < 1.29 is 9.90 Å². The Balaban J connectivity index is 1.84. The van der Waals surface area contributed by atoms with Gasteiger partial charge < -0.3 is 10.0 Å². The number of halogens is 1. The van der Waals surface area contributed by atoms with Crippen molar-refractivity contribution >= 4 is 21.7 Å². The minimum atomic E-state index is -0.246. The van der Waals surface area contributed by atoms with Crippen LogP contribution >= 0.6 is 15.9 Å². The highest BCUT2D eigenvalue weighted by Gasteiger charge is 2.26. The fraction of sp³-hybridized carbons (Fsp3) is 0.533. The molecule has 0 spiro atoms. The highest BCUT2D eigenvalue weighted by atomic mass is 79.9. The molecule has 0 aromatic heterocycles. The van der Waals surface area contributed by atoms with Crippen LogP contribution in [0.5, 0.6) is 0 Å². The zero-order valence-electron chi connectivity index (χ0n) is 11.2. The van der Waals surface area contributed by atoms with Crippen LogP contribution in [0.2, 0.25) is 0 Å². The van der Waals surface area contributed by atoms with Crippen molar-refractivity contribution in [3.63, 3.8) is 0 Å². The third-order valence-corrected chi connectivity index (χ3v) is 4.51. The van der Waals surface area contributed by atoms with Crippen LogP contribution in [0.15, 0.2) is 28.7 Å². The first-order valence-electron chi connectivity index (χ1n) is 6.76. The van der Waals surface area contributed by atoms with Crippen LogP contribution in [0, 0.1) is 5.92 Å². The topological polar surface area (TPSA) is 40.5 Å². The summed E-state index contributed by atoms with van der Waals surface area (Å²) in [6.45, 7) is 4.52. The van der Waals surface area contributed by atoms with Crippen LogP contribution in [0.1, 0.15) is 30.1 Å². The molecule has 0 saturated carbocycles.